The molecule has 158 valence electrons. The van der Waals surface area contributed by atoms with E-state index in [0.29, 0.717) is 18.1 Å². The number of hydrogen-bond donors (Lipinski definition) is 3. The minimum atomic E-state index is -1.09. The maximum Gasteiger partial charge on any atom is 0.328 e. The van der Waals surface area contributed by atoms with Crippen molar-refractivity contribution in [2.45, 2.75) is 31.2 Å². The van der Waals surface area contributed by atoms with Crippen LogP contribution in [0.3, 0.4) is 0 Å². The number of nitrogens with zero attached hydrogens (tertiary/aromatic N) is 1. The smallest absolute Gasteiger partial charge is 0.328 e. The van der Waals surface area contributed by atoms with Crippen LogP contribution in [0.5, 0.6) is 0 Å². The summed E-state index contributed by atoms with van der Waals surface area (Å²) in [4.78, 5) is 35.8. The largest absolute Gasteiger partial charge is 0.480 e. The molecule has 0 radical (unpaired) electrons. The Kier molecular flexibility index (Phi) is 9.35. The third-order valence-electron chi connectivity index (χ3n) is 4.28. The number of benzene rings is 1. The van der Waals surface area contributed by atoms with Gasteiger partial charge in [-0.05, 0) is 23.6 Å². The van der Waals surface area contributed by atoms with E-state index in [1.165, 1.54) is 34.6 Å². The zero-order valence-corrected chi connectivity index (χ0v) is 18.2. The molecule has 1 aliphatic rings. The fraction of sp³-hybridized carbons (Fsp3) is 0.421. The highest BCUT2D eigenvalue weighted by Crippen LogP contribution is 2.37. The van der Waals surface area contributed by atoms with Crippen molar-refractivity contribution in [2.24, 2.45) is 0 Å². The SMILES string of the molecule is CC(=O)N[C@@H](CSSC1CCN(Cc2ccccc2Cl)C/C1=C/C(=O)O)C(=O)O. The molecule has 1 aromatic rings. The second-order valence-corrected chi connectivity index (χ2v) is 9.63. The quantitative estimate of drug-likeness (QED) is 0.383. The fourth-order valence-corrected chi connectivity index (χ4v) is 6.01. The van der Waals surface area contributed by atoms with Crippen LogP contribution in [-0.2, 0) is 20.9 Å². The number of carbonyl (C=O) groups excluding carboxylic acids is 1. The van der Waals surface area contributed by atoms with Gasteiger partial charge in [0.05, 0.1) is 0 Å². The van der Waals surface area contributed by atoms with E-state index in [4.69, 9.17) is 11.6 Å². The van der Waals surface area contributed by atoms with Crippen molar-refractivity contribution in [1.82, 2.24) is 10.2 Å². The normalized spacial score (nSPS) is 19.7. The molecule has 1 amide bonds. The summed E-state index contributed by atoms with van der Waals surface area (Å²) in [5, 5.41) is 21.5. The van der Waals surface area contributed by atoms with Gasteiger partial charge in [-0.2, -0.15) is 0 Å². The number of halogens is 1. The van der Waals surface area contributed by atoms with Crippen LogP contribution in [0, 0.1) is 0 Å². The maximum atomic E-state index is 11.3. The topological polar surface area (TPSA) is 107 Å². The monoisotopic (exact) mass is 458 g/mol. The lowest BCUT2D eigenvalue weighted by Gasteiger charge is -2.34. The predicted molar refractivity (Wildman–Crippen MR) is 116 cm³/mol. The summed E-state index contributed by atoms with van der Waals surface area (Å²) in [6.45, 7) is 3.18. The van der Waals surface area contributed by atoms with E-state index in [-0.39, 0.29) is 11.0 Å². The van der Waals surface area contributed by atoms with Crippen LogP contribution < -0.4 is 5.32 Å². The van der Waals surface area contributed by atoms with E-state index < -0.39 is 23.9 Å². The zero-order chi connectivity index (χ0) is 21.4. The number of amides is 1. The molecule has 0 spiro atoms. The number of hydrogen-bond acceptors (Lipinski definition) is 6. The Hall–Kier alpha value is -1.68. The number of rotatable bonds is 9. The molecule has 10 heteroatoms. The molecule has 0 aliphatic carbocycles. The Morgan fingerprint density at radius 1 is 1.34 bits per heavy atom. The van der Waals surface area contributed by atoms with Gasteiger partial charge in [0.2, 0.25) is 5.91 Å². The standard InChI is InChI=1S/C19H23ClN2O5S2/c1-12(23)21-16(19(26)27)11-28-29-17-6-7-22(10-14(17)8-18(24)25)9-13-4-2-3-5-15(13)20/h2-5,8,16-17H,6-7,9-11H2,1H3,(H,21,23)(H,24,25)(H,26,27)/b14-8-/t16-,17?/m0/s1. The first-order valence-corrected chi connectivity index (χ1v) is 11.7. The van der Waals surface area contributed by atoms with Gasteiger partial charge < -0.3 is 15.5 Å². The summed E-state index contributed by atoms with van der Waals surface area (Å²) in [7, 11) is 2.77. The summed E-state index contributed by atoms with van der Waals surface area (Å²) in [6.07, 6.45) is 1.97. The second-order valence-electron chi connectivity index (χ2n) is 6.61. The van der Waals surface area contributed by atoms with E-state index in [0.717, 1.165) is 24.1 Å². The molecular formula is C19H23ClN2O5S2. The maximum absolute atomic E-state index is 11.3. The molecule has 29 heavy (non-hydrogen) atoms. The third kappa shape index (κ3) is 7.93. The molecule has 1 aliphatic heterocycles. The average Bonchev–Trinajstić information content (AvgIpc) is 2.63. The summed E-state index contributed by atoms with van der Waals surface area (Å²) >= 11 is 6.23. The first-order chi connectivity index (χ1) is 13.8. The van der Waals surface area contributed by atoms with Crippen molar-refractivity contribution >= 4 is 51.0 Å². The van der Waals surface area contributed by atoms with E-state index in [9.17, 15) is 24.6 Å². The van der Waals surface area contributed by atoms with E-state index in [2.05, 4.69) is 10.2 Å². The molecule has 7 nitrogen and oxygen atoms in total. The highest BCUT2D eigenvalue weighted by Gasteiger charge is 2.27. The fourth-order valence-electron chi connectivity index (χ4n) is 2.94. The van der Waals surface area contributed by atoms with Gasteiger partial charge in [-0.3, -0.25) is 9.69 Å². The van der Waals surface area contributed by atoms with Crippen molar-refractivity contribution in [3.63, 3.8) is 0 Å². The molecule has 1 fully saturated rings. The Morgan fingerprint density at radius 3 is 2.69 bits per heavy atom. The van der Waals surface area contributed by atoms with Gasteiger partial charge in [0.25, 0.3) is 0 Å². The molecule has 0 aromatic heterocycles. The first-order valence-electron chi connectivity index (χ1n) is 8.93. The van der Waals surface area contributed by atoms with Gasteiger partial charge in [0, 0.05) is 48.7 Å². The molecular weight excluding hydrogens is 436 g/mol. The molecule has 1 aromatic carbocycles. The lowest BCUT2D eigenvalue weighted by Crippen LogP contribution is -2.41. The summed E-state index contributed by atoms with van der Waals surface area (Å²) in [5.74, 6) is -2.30. The number of carboxylic acids is 2. The highest BCUT2D eigenvalue weighted by molar-refractivity contribution is 8.77. The molecule has 1 unspecified atom stereocenters. The predicted octanol–water partition coefficient (Wildman–Crippen LogP) is 2.90. The van der Waals surface area contributed by atoms with Gasteiger partial charge in [-0.25, -0.2) is 9.59 Å². The lowest BCUT2D eigenvalue weighted by atomic mass is 10.0. The molecule has 2 rings (SSSR count). The first kappa shape index (κ1) is 23.6. The average molecular weight is 459 g/mol. The zero-order valence-electron chi connectivity index (χ0n) is 15.8. The van der Waals surface area contributed by atoms with Crippen LogP contribution in [-0.4, -0.2) is 63.1 Å². The Bertz CT molecular complexity index is 790. The number of nitrogens with one attached hydrogen (secondary N) is 1. The van der Waals surface area contributed by atoms with Crippen molar-refractivity contribution < 1.29 is 24.6 Å². The van der Waals surface area contributed by atoms with Crippen LogP contribution in [0.4, 0.5) is 0 Å². The van der Waals surface area contributed by atoms with Crippen molar-refractivity contribution in [2.75, 3.05) is 18.8 Å². The minimum absolute atomic E-state index is 0.0367. The minimum Gasteiger partial charge on any atom is -0.480 e. The van der Waals surface area contributed by atoms with Crippen LogP contribution in [0.2, 0.25) is 5.02 Å². The lowest BCUT2D eigenvalue weighted by molar-refractivity contribution is -0.140. The number of carboxylic acid groups (broad SMARTS) is 2. The molecule has 3 N–H and O–H groups in total. The van der Waals surface area contributed by atoms with E-state index in [1.807, 2.05) is 24.3 Å². The molecule has 1 heterocycles. The summed E-state index contributed by atoms with van der Waals surface area (Å²) in [5.41, 5.74) is 1.77. The highest BCUT2D eigenvalue weighted by atomic mass is 35.5. The van der Waals surface area contributed by atoms with Crippen molar-refractivity contribution in [3.05, 3.63) is 46.5 Å². The molecule has 0 saturated carbocycles. The van der Waals surface area contributed by atoms with E-state index >= 15 is 0 Å². The van der Waals surface area contributed by atoms with Crippen molar-refractivity contribution in [3.8, 4) is 0 Å². The van der Waals surface area contributed by atoms with Gasteiger partial charge in [0.1, 0.15) is 6.04 Å². The van der Waals surface area contributed by atoms with Crippen LogP contribution >= 0.6 is 33.2 Å². The molecule has 2 atom stereocenters. The Labute approximate surface area is 182 Å². The van der Waals surface area contributed by atoms with Gasteiger partial charge in [-0.15, -0.1) is 0 Å². The van der Waals surface area contributed by atoms with E-state index in [1.54, 1.807) is 0 Å². The summed E-state index contributed by atoms with van der Waals surface area (Å²) < 4.78 is 0. The molecule has 1 saturated heterocycles. The van der Waals surface area contributed by atoms with Gasteiger partial charge in [-0.1, -0.05) is 51.4 Å². The number of aliphatic carboxylic acids is 2. The number of likely N-dealkylation sites (tertiary alicyclic amines) is 1. The van der Waals surface area contributed by atoms with Gasteiger partial charge >= 0.3 is 11.9 Å². The second kappa shape index (κ2) is 11.5. The van der Waals surface area contributed by atoms with Gasteiger partial charge in [0.15, 0.2) is 0 Å². The van der Waals surface area contributed by atoms with Crippen LogP contribution in [0.15, 0.2) is 35.9 Å². The van der Waals surface area contributed by atoms with Crippen LogP contribution in [0.25, 0.3) is 0 Å². The number of carbonyl (C=O) groups is 3. The molecule has 0 bridgehead atoms. The van der Waals surface area contributed by atoms with Crippen LogP contribution in [0.1, 0.15) is 18.9 Å². The Balaban J connectivity index is 1.97. The number of piperidine rings is 1. The Morgan fingerprint density at radius 2 is 2.07 bits per heavy atom. The summed E-state index contributed by atoms with van der Waals surface area (Å²) in [6, 6.07) is 6.60. The third-order valence-corrected chi connectivity index (χ3v) is 7.54. The van der Waals surface area contributed by atoms with Crippen molar-refractivity contribution in [1.29, 1.82) is 0 Å².